The van der Waals surface area contributed by atoms with Gasteiger partial charge in [0.1, 0.15) is 0 Å². The lowest BCUT2D eigenvalue weighted by atomic mass is 9.97. The molecule has 0 unspecified atom stereocenters. The van der Waals surface area contributed by atoms with Gasteiger partial charge in [-0.25, -0.2) is 0 Å². The second-order valence-corrected chi connectivity index (χ2v) is 9.53. The summed E-state index contributed by atoms with van der Waals surface area (Å²) < 4.78 is 0. The second-order valence-electron chi connectivity index (χ2n) is 9.53. The molecule has 0 bridgehead atoms. The van der Waals surface area contributed by atoms with E-state index in [1.807, 2.05) is 0 Å². The van der Waals surface area contributed by atoms with Gasteiger partial charge in [0, 0.05) is 21.8 Å². The van der Waals surface area contributed by atoms with E-state index in [4.69, 9.17) is 0 Å². The fourth-order valence-corrected chi connectivity index (χ4v) is 5.23. The Morgan fingerprint density at radius 3 is 0.946 bits per heavy atom. The number of aromatic nitrogens is 1. The largest absolute Gasteiger partial charge is 0.355 e. The molecule has 0 atom stereocenters. The molecule has 1 aromatic heterocycles. The van der Waals surface area contributed by atoms with Crippen molar-refractivity contribution in [1.29, 1.82) is 0 Å². The average Bonchev–Trinajstić information content (AvgIpc) is 3.35. The van der Waals surface area contributed by atoms with Crippen molar-refractivity contribution in [1.82, 2.24) is 4.98 Å². The molecular weight excluding hydrogens is 446 g/mol. The maximum Gasteiger partial charge on any atom is 0.0465 e. The van der Waals surface area contributed by atoms with E-state index in [0.717, 1.165) is 11.0 Å². The van der Waals surface area contributed by atoms with Gasteiger partial charge in [-0.05, 0) is 68.8 Å². The molecular formula is C36H25N. The van der Waals surface area contributed by atoms with Gasteiger partial charge in [0.2, 0.25) is 0 Å². The molecule has 7 aromatic rings. The van der Waals surface area contributed by atoms with Gasteiger partial charge >= 0.3 is 0 Å². The highest BCUT2D eigenvalue weighted by atomic mass is 14.7. The van der Waals surface area contributed by atoms with E-state index in [0.29, 0.717) is 0 Å². The summed E-state index contributed by atoms with van der Waals surface area (Å²) in [4.78, 5) is 3.60. The van der Waals surface area contributed by atoms with Crippen LogP contribution in [0.3, 0.4) is 0 Å². The summed E-state index contributed by atoms with van der Waals surface area (Å²) >= 11 is 0. The third kappa shape index (κ3) is 4.01. The molecule has 0 amide bonds. The molecule has 0 fully saturated rings. The zero-order chi connectivity index (χ0) is 24.6. The van der Waals surface area contributed by atoms with Crippen LogP contribution in [0.25, 0.3) is 66.3 Å². The van der Waals surface area contributed by atoms with Crippen LogP contribution in [0, 0.1) is 0 Å². The SMILES string of the molecule is c1ccc(-c2ccc(-c3ccc4[nH]c5ccc(-c6ccc(-c7ccccc7)cc6)cc5c4c3)cc2)cc1. The summed E-state index contributed by atoms with van der Waals surface area (Å²) in [7, 11) is 0. The van der Waals surface area contributed by atoms with Gasteiger partial charge in [-0.1, -0.05) is 121 Å². The first kappa shape index (κ1) is 21.4. The Morgan fingerprint density at radius 1 is 0.270 bits per heavy atom. The van der Waals surface area contributed by atoms with E-state index in [1.165, 1.54) is 55.3 Å². The van der Waals surface area contributed by atoms with Gasteiger partial charge in [0.25, 0.3) is 0 Å². The molecule has 6 aromatic carbocycles. The number of nitrogens with one attached hydrogen (secondary N) is 1. The molecule has 37 heavy (non-hydrogen) atoms. The Bertz CT molecular complexity index is 1690. The Labute approximate surface area is 216 Å². The predicted octanol–water partition coefficient (Wildman–Crippen LogP) is 9.99. The van der Waals surface area contributed by atoms with Crippen LogP contribution in [0.15, 0.2) is 146 Å². The fraction of sp³-hybridized carbons (Fsp3) is 0. The molecule has 0 radical (unpaired) electrons. The highest BCUT2D eigenvalue weighted by molar-refractivity contribution is 6.09. The van der Waals surface area contributed by atoms with Gasteiger partial charge in [-0.2, -0.15) is 0 Å². The Hall–Kier alpha value is -4.88. The van der Waals surface area contributed by atoms with Crippen LogP contribution >= 0.6 is 0 Å². The summed E-state index contributed by atoms with van der Waals surface area (Å²) in [6.07, 6.45) is 0. The second kappa shape index (κ2) is 8.96. The smallest absolute Gasteiger partial charge is 0.0465 e. The number of H-pyrrole nitrogens is 1. The quantitative estimate of drug-likeness (QED) is 0.263. The minimum atomic E-state index is 1.16. The van der Waals surface area contributed by atoms with E-state index in [2.05, 4.69) is 151 Å². The number of aromatic amines is 1. The van der Waals surface area contributed by atoms with Crippen molar-refractivity contribution in [2.75, 3.05) is 0 Å². The zero-order valence-electron chi connectivity index (χ0n) is 20.4. The zero-order valence-corrected chi connectivity index (χ0v) is 20.4. The number of fused-ring (bicyclic) bond motifs is 3. The molecule has 7 rings (SSSR count). The van der Waals surface area contributed by atoms with Crippen LogP contribution in [0.2, 0.25) is 0 Å². The van der Waals surface area contributed by atoms with Gasteiger partial charge < -0.3 is 4.98 Å². The molecule has 0 aliphatic rings. The van der Waals surface area contributed by atoms with Crippen molar-refractivity contribution >= 4 is 21.8 Å². The van der Waals surface area contributed by atoms with Crippen molar-refractivity contribution < 1.29 is 0 Å². The molecule has 0 saturated carbocycles. The van der Waals surface area contributed by atoms with Crippen molar-refractivity contribution in [3.8, 4) is 44.5 Å². The Kier molecular flexibility index (Phi) is 5.19. The molecule has 1 heterocycles. The van der Waals surface area contributed by atoms with Gasteiger partial charge in [-0.15, -0.1) is 0 Å². The minimum absolute atomic E-state index is 1.16. The molecule has 0 aliphatic heterocycles. The lowest BCUT2D eigenvalue weighted by Gasteiger charge is -2.06. The van der Waals surface area contributed by atoms with Crippen LogP contribution in [-0.4, -0.2) is 4.98 Å². The molecule has 1 heteroatoms. The van der Waals surface area contributed by atoms with Crippen molar-refractivity contribution in [3.05, 3.63) is 146 Å². The first-order chi connectivity index (χ1) is 18.3. The average molecular weight is 472 g/mol. The lowest BCUT2D eigenvalue weighted by molar-refractivity contribution is 1.54. The van der Waals surface area contributed by atoms with Crippen LogP contribution < -0.4 is 0 Å². The minimum Gasteiger partial charge on any atom is -0.355 e. The van der Waals surface area contributed by atoms with Crippen molar-refractivity contribution in [3.63, 3.8) is 0 Å². The molecule has 0 saturated heterocycles. The summed E-state index contributed by atoms with van der Waals surface area (Å²) in [6, 6.07) is 52.2. The van der Waals surface area contributed by atoms with E-state index in [1.54, 1.807) is 0 Å². The molecule has 0 aliphatic carbocycles. The first-order valence-electron chi connectivity index (χ1n) is 12.7. The number of benzene rings is 6. The number of hydrogen-bond donors (Lipinski definition) is 1. The Balaban J connectivity index is 1.25. The summed E-state index contributed by atoms with van der Waals surface area (Å²) in [5.41, 5.74) is 12.2. The maximum atomic E-state index is 3.60. The predicted molar refractivity (Wildman–Crippen MR) is 158 cm³/mol. The third-order valence-corrected chi connectivity index (χ3v) is 7.25. The summed E-state index contributed by atoms with van der Waals surface area (Å²) in [6.45, 7) is 0. The molecule has 174 valence electrons. The van der Waals surface area contributed by atoms with Crippen LogP contribution in [-0.2, 0) is 0 Å². The standard InChI is InChI=1S/C36H25N/c1-3-7-25(8-4-1)27-11-15-29(16-12-27)31-19-21-35-33(23-31)34-24-32(20-22-36(34)37-35)30-17-13-28(14-18-30)26-9-5-2-6-10-26/h1-24,37H. The van der Waals surface area contributed by atoms with Crippen molar-refractivity contribution in [2.24, 2.45) is 0 Å². The maximum absolute atomic E-state index is 3.60. The fourth-order valence-electron chi connectivity index (χ4n) is 5.23. The molecule has 0 spiro atoms. The molecule has 1 nitrogen and oxygen atoms in total. The monoisotopic (exact) mass is 471 g/mol. The normalized spacial score (nSPS) is 11.2. The van der Waals surface area contributed by atoms with Crippen LogP contribution in [0.5, 0.6) is 0 Å². The highest BCUT2D eigenvalue weighted by Crippen LogP contribution is 2.34. The van der Waals surface area contributed by atoms with Gasteiger partial charge in [-0.3, -0.25) is 0 Å². The lowest BCUT2D eigenvalue weighted by Crippen LogP contribution is -1.81. The van der Waals surface area contributed by atoms with Crippen LogP contribution in [0.1, 0.15) is 0 Å². The van der Waals surface area contributed by atoms with Gasteiger partial charge in [0.15, 0.2) is 0 Å². The Morgan fingerprint density at radius 2 is 0.568 bits per heavy atom. The first-order valence-corrected chi connectivity index (χ1v) is 12.7. The van der Waals surface area contributed by atoms with E-state index < -0.39 is 0 Å². The van der Waals surface area contributed by atoms with E-state index >= 15 is 0 Å². The molecule has 1 N–H and O–H groups in total. The van der Waals surface area contributed by atoms with Crippen LogP contribution in [0.4, 0.5) is 0 Å². The summed E-state index contributed by atoms with van der Waals surface area (Å²) in [5, 5.41) is 2.50. The highest BCUT2D eigenvalue weighted by Gasteiger charge is 2.09. The summed E-state index contributed by atoms with van der Waals surface area (Å²) in [5.74, 6) is 0. The third-order valence-electron chi connectivity index (χ3n) is 7.25. The van der Waals surface area contributed by atoms with Gasteiger partial charge in [0.05, 0.1) is 0 Å². The number of hydrogen-bond acceptors (Lipinski definition) is 0. The van der Waals surface area contributed by atoms with Crippen molar-refractivity contribution in [2.45, 2.75) is 0 Å². The number of rotatable bonds is 4. The van der Waals surface area contributed by atoms with E-state index in [-0.39, 0.29) is 0 Å². The topological polar surface area (TPSA) is 15.8 Å². The van der Waals surface area contributed by atoms with E-state index in [9.17, 15) is 0 Å².